The zero-order chi connectivity index (χ0) is 27.3. The Morgan fingerprint density at radius 3 is 2.67 bits per heavy atom. The monoisotopic (exact) mass is 537 g/mol. The molecule has 5 aromatic rings. The number of pyridine rings is 2. The number of thiophene rings is 1. The highest BCUT2D eigenvalue weighted by atomic mass is 32.1. The van der Waals surface area contributed by atoms with E-state index in [0.717, 1.165) is 61.8 Å². The molecule has 196 valence electrons. The van der Waals surface area contributed by atoms with Crippen molar-refractivity contribution in [1.82, 2.24) is 30.1 Å². The van der Waals surface area contributed by atoms with Gasteiger partial charge in [-0.2, -0.15) is 5.10 Å². The third-order valence-corrected chi connectivity index (χ3v) is 7.87. The highest BCUT2D eigenvalue weighted by molar-refractivity contribution is 7.15. The Bertz CT molecular complexity index is 1780. The Morgan fingerprint density at radius 2 is 1.90 bits per heavy atom. The van der Waals surface area contributed by atoms with E-state index >= 15 is 0 Å². The number of amides is 1. The number of aromatic nitrogens is 6. The van der Waals surface area contributed by atoms with Crippen molar-refractivity contribution >= 4 is 45.3 Å². The number of anilines is 1. The van der Waals surface area contributed by atoms with E-state index in [1.54, 1.807) is 25.5 Å². The Morgan fingerprint density at radius 1 is 1.08 bits per heavy atom. The van der Waals surface area contributed by atoms with Crippen LogP contribution in [0.15, 0.2) is 48.9 Å². The number of ketones is 1. The molecule has 0 aromatic carbocycles. The van der Waals surface area contributed by atoms with Gasteiger partial charge in [0.1, 0.15) is 5.69 Å². The van der Waals surface area contributed by atoms with Crippen LogP contribution in [-0.2, 0) is 11.2 Å². The second kappa shape index (κ2) is 9.39. The average molecular weight is 538 g/mol. The van der Waals surface area contributed by atoms with Gasteiger partial charge in [-0.3, -0.25) is 19.7 Å². The summed E-state index contributed by atoms with van der Waals surface area (Å²) in [6.07, 6.45) is 9.05. The van der Waals surface area contributed by atoms with Gasteiger partial charge in [0, 0.05) is 45.1 Å². The molecule has 1 aliphatic carbocycles. The molecular formula is C29H27N7O2S. The Labute approximate surface area is 228 Å². The number of carbonyl (C=O) groups excluding carboxylic acids is 2. The quantitative estimate of drug-likeness (QED) is 0.235. The Kier molecular flexibility index (Phi) is 5.99. The first-order valence-electron chi connectivity index (χ1n) is 12.7. The van der Waals surface area contributed by atoms with Crippen LogP contribution < -0.4 is 5.32 Å². The van der Waals surface area contributed by atoms with Crippen LogP contribution in [0.4, 0.5) is 5.69 Å². The fraction of sp³-hybridized carbons (Fsp3) is 0.241. The minimum absolute atomic E-state index is 0.0650. The third kappa shape index (κ3) is 4.67. The molecule has 0 unspecified atom stereocenters. The van der Waals surface area contributed by atoms with E-state index in [1.807, 2.05) is 45.0 Å². The standard InChI is InChI=1S/C29H27N7O2S/c1-15(37)22-8-9-23(39-22)19-6-5-7-21-24(19)34-27(33-21)25-20-11-17(13-31-26(20)36-35-25)16-10-18(14-30-12-16)32-28(38)29(2,3)4/h6,8-14H,5,7H2,1-4H3,(H,32,38)(H,33,34)(H,31,35,36). The number of imidazole rings is 1. The molecule has 0 saturated heterocycles. The molecule has 3 N–H and O–H groups in total. The maximum atomic E-state index is 12.5. The highest BCUT2D eigenvalue weighted by Crippen LogP contribution is 2.37. The van der Waals surface area contributed by atoms with Gasteiger partial charge >= 0.3 is 0 Å². The number of H-pyrrole nitrogens is 2. The molecule has 10 heteroatoms. The summed E-state index contributed by atoms with van der Waals surface area (Å²) < 4.78 is 0. The number of aromatic amines is 2. The van der Waals surface area contributed by atoms with E-state index in [-0.39, 0.29) is 11.7 Å². The number of carbonyl (C=O) groups is 2. The predicted molar refractivity (Wildman–Crippen MR) is 153 cm³/mol. The average Bonchev–Trinajstić information content (AvgIpc) is 3.65. The molecule has 6 rings (SSSR count). The molecule has 1 amide bonds. The lowest BCUT2D eigenvalue weighted by molar-refractivity contribution is -0.123. The summed E-state index contributed by atoms with van der Waals surface area (Å²) in [5, 5.41) is 11.3. The van der Waals surface area contributed by atoms with Crippen LogP contribution in [-0.4, -0.2) is 41.8 Å². The van der Waals surface area contributed by atoms with Crippen molar-refractivity contribution in [2.24, 2.45) is 5.41 Å². The van der Waals surface area contributed by atoms with E-state index in [2.05, 4.69) is 36.5 Å². The SMILES string of the molecule is CC(=O)c1ccc(C2=CCCc3[nH]c(-c4[nH]nc5ncc(-c6cncc(NC(=O)C(C)(C)C)c6)cc45)nc32)s1. The van der Waals surface area contributed by atoms with Gasteiger partial charge in [0.2, 0.25) is 5.91 Å². The van der Waals surface area contributed by atoms with Crippen molar-refractivity contribution in [3.8, 4) is 22.6 Å². The molecule has 0 aliphatic heterocycles. The number of nitrogens with one attached hydrogen (secondary N) is 3. The maximum absolute atomic E-state index is 12.5. The molecule has 39 heavy (non-hydrogen) atoms. The molecule has 9 nitrogen and oxygen atoms in total. The van der Waals surface area contributed by atoms with Gasteiger partial charge < -0.3 is 10.3 Å². The lowest BCUT2D eigenvalue weighted by Crippen LogP contribution is -2.27. The number of nitrogens with zero attached hydrogens (tertiary/aromatic N) is 4. The topological polar surface area (TPSA) is 129 Å². The largest absolute Gasteiger partial charge is 0.340 e. The number of Topliss-reactive ketones (excluding diaryl/α,β-unsaturated/α-hetero) is 1. The second-order valence-electron chi connectivity index (χ2n) is 10.6. The molecule has 1 aliphatic rings. The van der Waals surface area contributed by atoms with Crippen molar-refractivity contribution in [2.45, 2.75) is 40.5 Å². The van der Waals surface area contributed by atoms with Crippen LogP contribution in [0.3, 0.4) is 0 Å². The first-order chi connectivity index (χ1) is 18.7. The van der Waals surface area contributed by atoms with Gasteiger partial charge in [0.15, 0.2) is 17.3 Å². The molecule has 0 fully saturated rings. The van der Waals surface area contributed by atoms with Gasteiger partial charge in [-0.1, -0.05) is 26.8 Å². The number of allylic oxidation sites excluding steroid dienone is 1. The highest BCUT2D eigenvalue weighted by Gasteiger charge is 2.24. The van der Waals surface area contributed by atoms with Gasteiger partial charge in [0.05, 0.1) is 27.8 Å². The molecule has 0 spiro atoms. The van der Waals surface area contributed by atoms with Crippen molar-refractivity contribution < 1.29 is 9.59 Å². The first kappa shape index (κ1) is 24.9. The van der Waals surface area contributed by atoms with Gasteiger partial charge in [0.25, 0.3) is 0 Å². The van der Waals surface area contributed by atoms with E-state index in [0.29, 0.717) is 17.2 Å². The molecular weight excluding hydrogens is 510 g/mol. The lowest BCUT2D eigenvalue weighted by atomic mass is 9.95. The Hall–Kier alpha value is -4.44. The molecule has 0 atom stereocenters. The number of hydrogen-bond acceptors (Lipinski definition) is 7. The van der Waals surface area contributed by atoms with E-state index in [4.69, 9.17) is 4.98 Å². The van der Waals surface area contributed by atoms with Crippen LogP contribution in [0.2, 0.25) is 0 Å². The summed E-state index contributed by atoms with van der Waals surface area (Å²) in [5.74, 6) is 0.666. The lowest BCUT2D eigenvalue weighted by Gasteiger charge is -2.17. The van der Waals surface area contributed by atoms with Crippen LogP contribution in [0, 0.1) is 5.41 Å². The van der Waals surface area contributed by atoms with Crippen LogP contribution in [0.1, 0.15) is 60.1 Å². The molecule has 0 saturated carbocycles. The normalized spacial score (nSPS) is 13.3. The van der Waals surface area contributed by atoms with Crippen LogP contribution in [0.25, 0.3) is 39.3 Å². The number of fused-ring (bicyclic) bond motifs is 2. The molecule has 5 aromatic heterocycles. The smallest absolute Gasteiger partial charge is 0.229 e. The van der Waals surface area contributed by atoms with E-state index < -0.39 is 5.41 Å². The second-order valence-corrected chi connectivity index (χ2v) is 11.7. The number of hydrogen-bond donors (Lipinski definition) is 3. The van der Waals surface area contributed by atoms with Gasteiger partial charge in [-0.05, 0) is 44.0 Å². The Balaban J connectivity index is 1.35. The van der Waals surface area contributed by atoms with Crippen LogP contribution in [0.5, 0.6) is 0 Å². The minimum atomic E-state index is -0.515. The fourth-order valence-electron chi connectivity index (χ4n) is 4.50. The molecule has 5 heterocycles. The summed E-state index contributed by atoms with van der Waals surface area (Å²) in [6, 6.07) is 7.76. The summed E-state index contributed by atoms with van der Waals surface area (Å²) in [7, 11) is 0. The zero-order valence-electron chi connectivity index (χ0n) is 22.0. The number of aryl methyl sites for hydroxylation is 1. The van der Waals surface area contributed by atoms with Crippen molar-refractivity contribution in [2.75, 3.05) is 5.32 Å². The predicted octanol–water partition coefficient (Wildman–Crippen LogP) is 6.04. The zero-order valence-corrected chi connectivity index (χ0v) is 22.9. The summed E-state index contributed by atoms with van der Waals surface area (Å²) in [5.41, 5.74) is 6.09. The van der Waals surface area contributed by atoms with Crippen LogP contribution >= 0.6 is 11.3 Å². The maximum Gasteiger partial charge on any atom is 0.229 e. The summed E-state index contributed by atoms with van der Waals surface area (Å²) in [6.45, 7) is 7.19. The van der Waals surface area contributed by atoms with Gasteiger partial charge in [-0.15, -0.1) is 11.3 Å². The fourth-order valence-corrected chi connectivity index (χ4v) is 5.44. The van der Waals surface area contributed by atoms with Crippen molar-refractivity contribution in [1.29, 1.82) is 0 Å². The summed E-state index contributed by atoms with van der Waals surface area (Å²) >= 11 is 1.49. The van der Waals surface area contributed by atoms with Crippen molar-refractivity contribution in [3.63, 3.8) is 0 Å². The minimum Gasteiger partial charge on any atom is -0.340 e. The first-order valence-corrected chi connectivity index (χ1v) is 13.5. The summed E-state index contributed by atoms with van der Waals surface area (Å²) in [4.78, 5) is 43.4. The molecule has 0 bridgehead atoms. The number of rotatable bonds is 5. The van der Waals surface area contributed by atoms with E-state index in [9.17, 15) is 9.59 Å². The molecule has 0 radical (unpaired) electrons. The van der Waals surface area contributed by atoms with Gasteiger partial charge in [-0.25, -0.2) is 9.97 Å². The van der Waals surface area contributed by atoms with Crippen molar-refractivity contribution in [3.05, 3.63) is 70.1 Å². The third-order valence-electron chi connectivity index (χ3n) is 6.65. The van der Waals surface area contributed by atoms with E-state index in [1.165, 1.54) is 11.3 Å².